The molecule has 6 heteroatoms. The largest absolute Gasteiger partial charge is 0.465 e. The van der Waals surface area contributed by atoms with Gasteiger partial charge in [0.1, 0.15) is 9.71 Å². The third-order valence-electron chi connectivity index (χ3n) is 3.27. The van der Waals surface area contributed by atoms with Crippen molar-refractivity contribution < 1.29 is 9.53 Å². The van der Waals surface area contributed by atoms with Gasteiger partial charge in [-0.15, -0.1) is 11.3 Å². The van der Waals surface area contributed by atoms with Crippen molar-refractivity contribution in [2.75, 3.05) is 7.11 Å². The number of carbonyl (C=O) groups excluding carboxylic acids is 1. The highest BCUT2D eigenvalue weighted by Crippen LogP contribution is 2.29. The Bertz CT molecular complexity index is 822. The molecule has 108 valence electrons. The van der Waals surface area contributed by atoms with Crippen LogP contribution in [-0.2, 0) is 11.3 Å². The Hall–Kier alpha value is -1.85. The number of nitrogens with zero attached hydrogens (tertiary/aromatic N) is 2. The standard InChI is InChI=1S/C15H13ClN2O2S/c1-9-11-7-13(15(19)20-2)21-14(11)18(17-9)8-10-5-3-4-6-12(10)16/h3-7H,8H2,1-2H3. The van der Waals surface area contributed by atoms with Crippen molar-refractivity contribution in [2.24, 2.45) is 0 Å². The molecule has 0 saturated carbocycles. The molecule has 0 N–H and O–H groups in total. The Kier molecular flexibility index (Phi) is 3.69. The fourth-order valence-electron chi connectivity index (χ4n) is 2.21. The van der Waals surface area contributed by atoms with Crippen LogP contribution in [0.5, 0.6) is 0 Å². The van der Waals surface area contributed by atoms with Crippen molar-refractivity contribution in [3.63, 3.8) is 0 Å². The fraction of sp³-hybridized carbons (Fsp3) is 0.200. The second-order valence-electron chi connectivity index (χ2n) is 4.66. The van der Waals surface area contributed by atoms with Gasteiger partial charge in [-0.2, -0.15) is 5.10 Å². The summed E-state index contributed by atoms with van der Waals surface area (Å²) >= 11 is 7.58. The van der Waals surface area contributed by atoms with E-state index in [0.717, 1.165) is 21.5 Å². The van der Waals surface area contributed by atoms with Crippen molar-refractivity contribution in [3.05, 3.63) is 51.5 Å². The van der Waals surface area contributed by atoms with E-state index < -0.39 is 0 Å². The molecule has 2 heterocycles. The molecule has 0 aliphatic rings. The molecule has 2 aromatic heterocycles. The van der Waals surface area contributed by atoms with Crippen molar-refractivity contribution in [3.8, 4) is 0 Å². The molecule has 0 saturated heterocycles. The number of fused-ring (bicyclic) bond motifs is 1. The average Bonchev–Trinajstić information content (AvgIpc) is 3.03. The monoisotopic (exact) mass is 320 g/mol. The van der Waals surface area contributed by atoms with Gasteiger partial charge in [0, 0.05) is 10.4 Å². The van der Waals surface area contributed by atoms with Crippen LogP contribution in [-0.4, -0.2) is 22.9 Å². The molecule has 21 heavy (non-hydrogen) atoms. The fourth-order valence-corrected chi connectivity index (χ4v) is 3.48. The number of benzene rings is 1. The molecule has 0 spiro atoms. The number of aryl methyl sites for hydroxylation is 1. The minimum atomic E-state index is -0.320. The number of hydrogen-bond acceptors (Lipinski definition) is 4. The number of hydrogen-bond donors (Lipinski definition) is 0. The van der Waals surface area contributed by atoms with Gasteiger partial charge in [0.05, 0.1) is 19.3 Å². The highest BCUT2D eigenvalue weighted by atomic mass is 35.5. The predicted octanol–water partition coefficient (Wildman–Crippen LogP) is 3.89. The van der Waals surface area contributed by atoms with Gasteiger partial charge in [0.15, 0.2) is 0 Å². The van der Waals surface area contributed by atoms with Gasteiger partial charge in [-0.3, -0.25) is 4.68 Å². The van der Waals surface area contributed by atoms with E-state index in [1.165, 1.54) is 18.4 Å². The van der Waals surface area contributed by atoms with Gasteiger partial charge >= 0.3 is 5.97 Å². The van der Waals surface area contributed by atoms with Crippen LogP contribution in [0, 0.1) is 6.92 Å². The van der Waals surface area contributed by atoms with E-state index in [1.54, 1.807) is 0 Å². The molecule has 0 amide bonds. The first-order valence-electron chi connectivity index (χ1n) is 6.39. The Morgan fingerprint density at radius 1 is 1.43 bits per heavy atom. The lowest BCUT2D eigenvalue weighted by molar-refractivity contribution is 0.0606. The number of carbonyl (C=O) groups is 1. The predicted molar refractivity (Wildman–Crippen MR) is 84.2 cm³/mol. The molecule has 3 rings (SSSR count). The van der Waals surface area contributed by atoms with Crippen molar-refractivity contribution in [1.29, 1.82) is 0 Å². The van der Waals surface area contributed by atoms with E-state index in [2.05, 4.69) is 5.10 Å². The third-order valence-corrected chi connectivity index (χ3v) is 4.77. The Balaban J connectivity index is 2.05. The lowest BCUT2D eigenvalue weighted by atomic mass is 10.2. The molecule has 3 aromatic rings. The molecule has 0 aliphatic carbocycles. The number of methoxy groups -OCH3 is 1. The zero-order chi connectivity index (χ0) is 15.0. The van der Waals surface area contributed by atoms with Gasteiger partial charge in [-0.05, 0) is 24.6 Å². The van der Waals surface area contributed by atoms with Crippen LogP contribution in [0.4, 0.5) is 0 Å². The maximum absolute atomic E-state index is 11.7. The van der Waals surface area contributed by atoms with Crippen LogP contribution in [0.15, 0.2) is 30.3 Å². The van der Waals surface area contributed by atoms with Crippen LogP contribution in [0.1, 0.15) is 20.9 Å². The van der Waals surface area contributed by atoms with E-state index in [4.69, 9.17) is 16.3 Å². The van der Waals surface area contributed by atoms with E-state index in [1.807, 2.05) is 41.9 Å². The normalized spacial score (nSPS) is 11.0. The first kappa shape index (κ1) is 14.1. The number of thiophene rings is 1. The first-order chi connectivity index (χ1) is 10.1. The molecule has 0 aliphatic heterocycles. The van der Waals surface area contributed by atoms with Crippen molar-refractivity contribution in [2.45, 2.75) is 13.5 Å². The van der Waals surface area contributed by atoms with Crippen LogP contribution in [0.25, 0.3) is 10.2 Å². The lowest BCUT2D eigenvalue weighted by Crippen LogP contribution is -2.02. The summed E-state index contributed by atoms with van der Waals surface area (Å²) in [5.74, 6) is -0.320. The van der Waals surface area contributed by atoms with Crippen LogP contribution >= 0.6 is 22.9 Å². The van der Waals surface area contributed by atoms with Gasteiger partial charge in [0.2, 0.25) is 0 Å². The van der Waals surface area contributed by atoms with E-state index in [9.17, 15) is 4.79 Å². The summed E-state index contributed by atoms with van der Waals surface area (Å²) in [4.78, 5) is 13.2. The molecule has 1 aromatic carbocycles. The minimum Gasteiger partial charge on any atom is -0.465 e. The first-order valence-corrected chi connectivity index (χ1v) is 7.58. The van der Waals surface area contributed by atoms with Gasteiger partial charge in [-0.1, -0.05) is 29.8 Å². The summed E-state index contributed by atoms with van der Waals surface area (Å²) in [6, 6.07) is 9.51. The highest BCUT2D eigenvalue weighted by Gasteiger charge is 2.17. The Labute approximate surface area is 130 Å². The highest BCUT2D eigenvalue weighted by molar-refractivity contribution is 7.20. The summed E-state index contributed by atoms with van der Waals surface area (Å²) in [7, 11) is 1.38. The Morgan fingerprint density at radius 3 is 2.90 bits per heavy atom. The minimum absolute atomic E-state index is 0.320. The summed E-state index contributed by atoms with van der Waals surface area (Å²) in [5, 5.41) is 6.22. The SMILES string of the molecule is COC(=O)c1cc2c(C)nn(Cc3ccccc3Cl)c2s1. The number of rotatable bonds is 3. The third kappa shape index (κ3) is 2.54. The quantitative estimate of drug-likeness (QED) is 0.688. The van der Waals surface area contributed by atoms with Crippen LogP contribution < -0.4 is 0 Å². The topological polar surface area (TPSA) is 44.1 Å². The number of halogens is 1. The van der Waals surface area contributed by atoms with Gasteiger partial charge in [-0.25, -0.2) is 4.79 Å². The smallest absolute Gasteiger partial charge is 0.348 e. The molecular weight excluding hydrogens is 308 g/mol. The van der Waals surface area contributed by atoms with E-state index in [0.29, 0.717) is 16.4 Å². The maximum atomic E-state index is 11.7. The van der Waals surface area contributed by atoms with Crippen LogP contribution in [0.3, 0.4) is 0 Å². The van der Waals surface area contributed by atoms with Crippen molar-refractivity contribution in [1.82, 2.24) is 9.78 Å². The summed E-state index contributed by atoms with van der Waals surface area (Å²) in [6.45, 7) is 2.50. The molecule has 0 radical (unpaired) electrons. The molecule has 4 nitrogen and oxygen atoms in total. The number of ether oxygens (including phenoxy) is 1. The number of esters is 1. The van der Waals surface area contributed by atoms with Gasteiger partial charge in [0.25, 0.3) is 0 Å². The zero-order valence-corrected chi connectivity index (χ0v) is 13.2. The lowest BCUT2D eigenvalue weighted by Gasteiger charge is -2.04. The molecular formula is C15H13ClN2O2S. The second kappa shape index (κ2) is 5.50. The summed E-state index contributed by atoms with van der Waals surface area (Å²) < 4.78 is 6.65. The maximum Gasteiger partial charge on any atom is 0.348 e. The molecule has 0 fully saturated rings. The molecule has 0 unspecified atom stereocenters. The van der Waals surface area contributed by atoms with Crippen molar-refractivity contribution >= 4 is 39.1 Å². The molecule has 0 bridgehead atoms. The summed E-state index contributed by atoms with van der Waals surface area (Å²) in [6.07, 6.45) is 0. The summed E-state index contributed by atoms with van der Waals surface area (Å²) in [5.41, 5.74) is 1.89. The van der Waals surface area contributed by atoms with E-state index in [-0.39, 0.29) is 5.97 Å². The molecule has 0 atom stereocenters. The number of aromatic nitrogens is 2. The van der Waals surface area contributed by atoms with E-state index >= 15 is 0 Å². The zero-order valence-electron chi connectivity index (χ0n) is 11.6. The van der Waals surface area contributed by atoms with Gasteiger partial charge < -0.3 is 4.74 Å². The van der Waals surface area contributed by atoms with Crippen LogP contribution in [0.2, 0.25) is 5.02 Å². The average molecular weight is 321 g/mol. The Morgan fingerprint density at radius 2 is 2.19 bits per heavy atom. The second-order valence-corrected chi connectivity index (χ2v) is 6.09.